The van der Waals surface area contributed by atoms with Gasteiger partial charge in [0.25, 0.3) is 0 Å². The lowest BCUT2D eigenvalue weighted by Gasteiger charge is -2.16. The first-order chi connectivity index (χ1) is 15.7. The molecule has 2 heterocycles. The van der Waals surface area contributed by atoms with Gasteiger partial charge in [0.1, 0.15) is 18.1 Å². The minimum atomic E-state index is -0.696. The number of hydrogen-bond donors (Lipinski definition) is 2. The summed E-state index contributed by atoms with van der Waals surface area (Å²) >= 11 is 0. The van der Waals surface area contributed by atoms with Gasteiger partial charge < -0.3 is 9.84 Å². The number of ether oxygens (including phenoxy) is 1. The van der Waals surface area contributed by atoms with Gasteiger partial charge in [0.2, 0.25) is 0 Å². The van der Waals surface area contributed by atoms with Crippen molar-refractivity contribution in [1.29, 1.82) is 0 Å². The first kappa shape index (κ1) is 22.3. The highest BCUT2D eigenvalue weighted by molar-refractivity contribution is 5.72. The van der Waals surface area contributed by atoms with Crippen molar-refractivity contribution in [2.45, 2.75) is 40.7 Å². The molecule has 0 saturated carbocycles. The van der Waals surface area contributed by atoms with Crippen LogP contribution in [-0.2, 0) is 13.0 Å². The maximum Gasteiger partial charge on any atom is 0.439 e. The Morgan fingerprint density at radius 3 is 2.48 bits per heavy atom. The summed E-state index contributed by atoms with van der Waals surface area (Å²) < 4.78 is 25.0. The van der Waals surface area contributed by atoms with Crippen LogP contribution in [0.2, 0.25) is 0 Å². The molecule has 0 amide bonds. The quantitative estimate of drug-likeness (QED) is 0.444. The maximum atomic E-state index is 15.1. The number of nitrogens with one attached hydrogen (secondary N) is 1. The number of halogens is 1. The average Bonchev–Trinajstić information content (AvgIpc) is 3.19. The van der Waals surface area contributed by atoms with E-state index < -0.39 is 11.6 Å². The summed E-state index contributed by atoms with van der Waals surface area (Å²) in [6.45, 7) is 7.40. The number of aromatic nitrogens is 3. The van der Waals surface area contributed by atoms with Gasteiger partial charge in [-0.1, -0.05) is 23.4 Å². The van der Waals surface area contributed by atoms with Gasteiger partial charge in [0.15, 0.2) is 17.4 Å². The summed E-state index contributed by atoms with van der Waals surface area (Å²) in [5.74, 6) is -0.849. The molecule has 0 aliphatic rings. The molecule has 170 valence electrons. The van der Waals surface area contributed by atoms with E-state index in [-0.39, 0.29) is 23.9 Å². The number of aromatic amines is 1. The lowest BCUT2D eigenvalue weighted by atomic mass is 9.96. The predicted molar refractivity (Wildman–Crippen MR) is 121 cm³/mol. The Kier molecular flexibility index (Phi) is 6.00. The average molecular weight is 449 g/mol. The van der Waals surface area contributed by atoms with Crippen molar-refractivity contribution in [3.8, 4) is 22.8 Å². The fourth-order valence-electron chi connectivity index (χ4n) is 3.95. The van der Waals surface area contributed by atoms with Crippen molar-refractivity contribution in [3.05, 3.63) is 92.1 Å². The highest BCUT2D eigenvalue weighted by atomic mass is 19.1. The van der Waals surface area contributed by atoms with Crippen molar-refractivity contribution in [1.82, 2.24) is 15.1 Å². The van der Waals surface area contributed by atoms with Gasteiger partial charge in [-0.3, -0.25) is 9.51 Å². The third-order valence-electron chi connectivity index (χ3n) is 5.68. The number of pyridine rings is 1. The fraction of sp³-hybridized carbons (Fsp3) is 0.240. The van der Waals surface area contributed by atoms with E-state index >= 15 is 4.39 Å². The van der Waals surface area contributed by atoms with E-state index in [9.17, 15) is 9.90 Å². The Balaban J connectivity index is 1.64. The number of aromatic hydroxyl groups is 1. The molecule has 8 heteroatoms. The highest BCUT2D eigenvalue weighted by Gasteiger charge is 2.18. The molecule has 0 atom stereocenters. The molecule has 7 nitrogen and oxygen atoms in total. The van der Waals surface area contributed by atoms with E-state index in [4.69, 9.17) is 9.72 Å². The molecule has 0 aliphatic heterocycles. The van der Waals surface area contributed by atoms with Crippen LogP contribution in [-0.4, -0.2) is 20.2 Å². The molecule has 0 radical (unpaired) electrons. The summed E-state index contributed by atoms with van der Waals surface area (Å²) in [6.07, 6.45) is 0.393. The van der Waals surface area contributed by atoms with E-state index in [1.165, 1.54) is 0 Å². The van der Waals surface area contributed by atoms with E-state index in [0.29, 0.717) is 23.4 Å². The SMILES string of the molecule is Cc1cc(OCc2noc(=O)[nH]2)c(F)c(C)c1Cc1ccc(O)c(-c2c(C)cccc2C)n1. The van der Waals surface area contributed by atoms with Crippen LogP contribution in [0.1, 0.15) is 39.3 Å². The summed E-state index contributed by atoms with van der Waals surface area (Å²) in [5, 5.41) is 14.0. The second-order valence-electron chi connectivity index (χ2n) is 8.05. The molecule has 0 aliphatic carbocycles. The molecule has 2 aromatic heterocycles. The van der Waals surface area contributed by atoms with Crippen molar-refractivity contribution >= 4 is 0 Å². The van der Waals surface area contributed by atoms with Crippen LogP contribution in [0.25, 0.3) is 11.3 Å². The number of benzene rings is 2. The van der Waals surface area contributed by atoms with Crippen LogP contribution in [0.4, 0.5) is 4.39 Å². The lowest BCUT2D eigenvalue weighted by molar-refractivity contribution is 0.271. The van der Waals surface area contributed by atoms with E-state index in [1.807, 2.05) is 39.0 Å². The molecule has 0 spiro atoms. The van der Waals surface area contributed by atoms with Gasteiger partial charge in [0.05, 0.1) is 0 Å². The number of H-pyrrole nitrogens is 1. The standard InChI is InChI=1S/C25H24FN3O4/c1-13-6-5-7-14(2)22(13)24-19(30)9-8-17(27-24)11-18-15(3)10-20(23(26)16(18)4)32-12-21-28-25(31)33-29-21/h5-10,30H,11-12H2,1-4H3,(H,28,29,31). The topological polar surface area (TPSA) is 101 Å². The van der Waals surface area contributed by atoms with E-state index in [2.05, 4.69) is 14.7 Å². The van der Waals surface area contributed by atoms with Crippen LogP contribution in [0.15, 0.2) is 45.7 Å². The maximum absolute atomic E-state index is 15.1. The molecule has 2 aromatic carbocycles. The molecular formula is C25H24FN3O4. The Morgan fingerprint density at radius 1 is 1.09 bits per heavy atom. The van der Waals surface area contributed by atoms with E-state index in [1.54, 1.807) is 25.1 Å². The second-order valence-corrected chi connectivity index (χ2v) is 8.05. The third kappa shape index (κ3) is 4.50. The molecule has 4 aromatic rings. The van der Waals surface area contributed by atoms with Gasteiger partial charge in [-0.05, 0) is 73.7 Å². The largest absolute Gasteiger partial charge is 0.506 e. The molecule has 33 heavy (non-hydrogen) atoms. The molecule has 0 unspecified atom stereocenters. The summed E-state index contributed by atoms with van der Waals surface area (Å²) in [4.78, 5) is 18.1. The molecule has 0 fully saturated rings. The zero-order chi connectivity index (χ0) is 23.7. The smallest absolute Gasteiger partial charge is 0.439 e. The Bertz CT molecular complexity index is 1370. The first-order valence-electron chi connectivity index (χ1n) is 10.5. The van der Waals surface area contributed by atoms with Gasteiger partial charge in [-0.25, -0.2) is 14.2 Å². The normalized spacial score (nSPS) is 11.1. The molecular weight excluding hydrogens is 425 g/mol. The Hall–Kier alpha value is -3.94. The molecule has 0 bridgehead atoms. The van der Waals surface area contributed by atoms with Crippen LogP contribution in [0.3, 0.4) is 0 Å². The van der Waals surface area contributed by atoms with Crippen LogP contribution in [0, 0.1) is 33.5 Å². The van der Waals surface area contributed by atoms with Gasteiger partial charge >= 0.3 is 5.76 Å². The van der Waals surface area contributed by atoms with Crippen molar-refractivity contribution in [3.63, 3.8) is 0 Å². The first-order valence-corrected chi connectivity index (χ1v) is 10.5. The van der Waals surface area contributed by atoms with Gasteiger partial charge in [-0.15, -0.1) is 0 Å². The number of rotatable bonds is 6. The Labute approximate surface area is 189 Å². The summed E-state index contributed by atoms with van der Waals surface area (Å²) in [7, 11) is 0. The number of hydrogen-bond acceptors (Lipinski definition) is 6. The highest BCUT2D eigenvalue weighted by Crippen LogP contribution is 2.34. The van der Waals surface area contributed by atoms with Crippen LogP contribution in [0.5, 0.6) is 11.5 Å². The number of aryl methyl sites for hydroxylation is 3. The van der Waals surface area contributed by atoms with Crippen molar-refractivity contribution in [2.75, 3.05) is 0 Å². The zero-order valence-electron chi connectivity index (χ0n) is 18.8. The minimum absolute atomic E-state index is 0.0625. The summed E-state index contributed by atoms with van der Waals surface area (Å²) in [6, 6.07) is 10.9. The lowest BCUT2D eigenvalue weighted by Crippen LogP contribution is -2.06. The van der Waals surface area contributed by atoms with Crippen molar-refractivity contribution in [2.24, 2.45) is 0 Å². The van der Waals surface area contributed by atoms with Crippen molar-refractivity contribution < 1.29 is 18.8 Å². The van der Waals surface area contributed by atoms with Gasteiger partial charge in [-0.2, -0.15) is 0 Å². The number of nitrogens with zero attached hydrogens (tertiary/aromatic N) is 2. The van der Waals surface area contributed by atoms with Crippen LogP contribution < -0.4 is 10.5 Å². The molecule has 2 N–H and O–H groups in total. The Morgan fingerprint density at radius 2 is 1.82 bits per heavy atom. The predicted octanol–water partition coefficient (Wildman–Crippen LogP) is 4.67. The molecule has 0 saturated heterocycles. The minimum Gasteiger partial charge on any atom is -0.506 e. The third-order valence-corrected chi connectivity index (χ3v) is 5.68. The fourth-order valence-corrected chi connectivity index (χ4v) is 3.95. The summed E-state index contributed by atoms with van der Waals surface area (Å²) in [5.41, 5.74) is 6.23. The molecule has 4 rings (SSSR count). The van der Waals surface area contributed by atoms with E-state index in [0.717, 1.165) is 27.8 Å². The van der Waals surface area contributed by atoms with Gasteiger partial charge in [0, 0.05) is 17.7 Å². The zero-order valence-corrected chi connectivity index (χ0v) is 18.8. The second kappa shape index (κ2) is 8.90. The monoisotopic (exact) mass is 449 g/mol. The van der Waals surface area contributed by atoms with Crippen LogP contribution >= 0.6 is 0 Å².